The monoisotopic (exact) mass is 345 g/mol. The van der Waals surface area contributed by atoms with Crippen LogP contribution < -0.4 is 0 Å². The second kappa shape index (κ2) is 7.67. The molecule has 0 radical (unpaired) electrons. The molecular formula is C14H24BrN3O2. The van der Waals surface area contributed by atoms with Gasteiger partial charge in [0.25, 0.3) is 0 Å². The second-order valence-corrected chi connectivity index (χ2v) is 6.60. The lowest BCUT2D eigenvalue weighted by atomic mass is 10.2. The molecule has 6 heteroatoms. The average Bonchev–Trinajstić information content (AvgIpc) is 2.72. The van der Waals surface area contributed by atoms with Gasteiger partial charge in [0.2, 0.25) is 0 Å². The van der Waals surface area contributed by atoms with Gasteiger partial charge in [0, 0.05) is 25.8 Å². The Kier molecular flexibility index (Phi) is 6.52. The molecule has 0 saturated heterocycles. The number of carbonyl (C=O) groups is 1. The van der Waals surface area contributed by atoms with Gasteiger partial charge < -0.3 is 9.64 Å². The average molecular weight is 346 g/mol. The minimum atomic E-state index is -0.439. The maximum absolute atomic E-state index is 11.9. The van der Waals surface area contributed by atoms with Crippen molar-refractivity contribution in [2.24, 2.45) is 0 Å². The number of amides is 1. The van der Waals surface area contributed by atoms with Crippen molar-refractivity contribution in [1.82, 2.24) is 14.7 Å². The van der Waals surface area contributed by atoms with Crippen LogP contribution in [0.1, 0.15) is 40.5 Å². The minimum Gasteiger partial charge on any atom is -0.444 e. The second-order valence-electron chi connectivity index (χ2n) is 5.69. The summed E-state index contributed by atoms with van der Waals surface area (Å²) < 4.78 is 8.26. The van der Waals surface area contributed by atoms with Gasteiger partial charge in [-0.25, -0.2) is 4.79 Å². The third kappa shape index (κ3) is 6.41. The normalized spacial score (nSPS) is 11.4. The standard InChI is InChI=1S/C14H24BrN3O2/c1-5-17(13(19)20-14(2,3)4)8-6-7-9-18-11-12(15)10-16-18/h10-11H,5-9H2,1-4H3. The van der Waals surface area contributed by atoms with Gasteiger partial charge in [0.1, 0.15) is 5.60 Å². The fraction of sp³-hybridized carbons (Fsp3) is 0.714. The Morgan fingerprint density at radius 1 is 1.45 bits per heavy atom. The summed E-state index contributed by atoms with van der Waals surface area (Å²) in [5, 5.41) is 4.20. The quantitative estimate of drug-likeness (QED) is 0.738. The highest BCUT2D eigenvalue weighted by atomic mass is 79.9. The maximum atomic E-state index is 11.9. The maximum Gasteiger partial charge on any atom is 0.410 e. The van der Waals surface area contributed by atoms with Gasteiger partial charge in [-0.05, 0) is 56.5 Å². The molecule has 20 heavy (non-hydrogen) atoms. The highest BCUT2D eigenvalue weighted by Gasteiger charge is 2.20. The Morgan fingerprint density at radius 2 is 2.15 bits per heavy atom. The van der Waals surface area contributed by atoms with E-state index in [4.69, 9.17) is 4.74 Å². The number of hydrogen-bond acceptors (Lipinski definition) is 3. The first kappa shape index (κ1) is 17.0. The van der Waals surface area contributed by atoms with Crippen molar-refractivity contribution < 1.29 is 9.53 Å². The molecule has 0 fully saturated rings. The molecule has 0 aliphatic heterocycles. The van der Waals surface area contributed by atoms with Crippen LogP contribution in [0.5, 0.6) is 0 Å². The number of aryl methyl sites for hydroxylation is 1. The van der Waals surface area contributed by atoms with Crippen molar-refractivity contribution >= 4 is 22.0 Å². The van der Waals surface area contributed by atoms with Crippen LogP contribution in [0.4, 0.5) is 4.79 Å². The van der Waals surface area contributed by atoms with Gasteiger partial charge in [-0.1, -0.05) is 0 Å². The zero-order valence-corrected chi connectivity index (χ0v) is 14.3. The van der Waals surface area contributed by atoms with E-state index < -0.39 is 5.60 Å². The number of unbranched alkanes of at least 4 members (excludes halogenated alkanes) is 1. The van der Waals surface area contributed by atoms with E-state index in [1.54, 1.807) is 11.1 Å². The van der Waals surface area contributed by atoms with Crippen molar-refractivity contribution in [3.8, 4) is 0 Å². The molecule has 114 valence electrons. The molecule has 1 rings (SSSR count). The molecule has 1 aromatic rings. The van der Waals surface area contributed by atoms with Gasteiger partial charge in [-0.2, -0.15) is 5.10 Å². The predicted molar refractivity (Wildman–Crippen MR) is 82.6 cm³/mol. The molecule has 0 atom stereocenters. The lowest BCUT2D eigenvalue weighted by Gasteiger charge is -2.26. The summed E-state index contributed by atoms with van der Waals surface area (Å²) in [5.74, 6) is 0. The van der Waals surface area contributed by atoms with Gasteiger partial charge in [-0.3, -0.25) is 4.68 Å². The van der Waals surface area contributed by atoms with E-state index in [9.17, 15) is 4.79 Å². The van der Waals surface area contributed by atoms with E-state index in [2.05, 4.69) is 21.0 Å². The lowest BCUT2D eigenvalue weighted by molar-refractivity contribution is 0.0257. The third-order valence-corrected chi connectivity index (χ3v) is 3.11. The van der Waals surface area contributed by atoms with Crippen LogP contribution in [0.3, 0.4) is 0 Å². The molecule has 0 unspecified atom stereocenters. The predicted octanol–water partition coefficient (Wildman–Crippen LogP) is 3.68. The summed E-state index contributed by atoms with van der Waals surface area (Å²) in [6.07, 6.45) is 5.41. The fourth-order valence-corrected chi connectivity index (χ4v) is 2.07. The molecule has 0 saturated carbocycles. The van der Waals surface area contributed by atoms with Crippen molar-refractivity contribution in [3.63, 3.8) is 0 Å². The number of carbonyl (C=O) groups excluding carboxylic acids is 1. The van der Waals surface area contributed by atoms with Gasteiger partial charge in [-0.15, -0.1) is 0 Å². The van der Waals surface area contributed by atoms with Gasteiger partial charge >= 0.3 is 6.09 Å². The van der Waals surface area contributed by atoms with E-state index in [0.717, 1.165) is 23.9 Å². The molecule has 0 bridgehead atoms. The van der Waals surface area contributed by atoms with Crippen molar-refractivity contribution in [1.29, 1.82) is 0 Å². The zero-order valence-electron chi connectivity index (χ0n) is 12.7. The SMILES string of the molecule is CCN(CCCCn1cc(Br)cn1)C(=O)OC(C)(C)C. The summed E-state index contributed by atoms with van der Waals surface area (Å²) in [6.45, 7) is 9.86. The number of hydrogen-bond donors (Lipinski definition) is 0. The zero-order chi connectivity index (χ0) is 15.2. The third-order valence-electron chi connectivity index (χ3n) is 2.70. The van der Waals surface area contributed by atoms with Crippen molar-refractivity contribution in [3.05, 3.63) is 16.9 Å². The molecule has 0 spiro atoms. The molecule has 1 aromatic heterocycles. The summed E-state index contributed by atoms with van der Waals surface area (Å²) >= 11 is 3.37. The number of aromatic nitrogens is 2. The van der Waals surface area contributed by atoms with Gasteiger partial charge in [0.05, 0.1) is 10.7 Å². The van der Waals surface area contributed by atoms with E-state index in [0.29, 0.717) is 13.1 Å². The largest absolute Gasteiger partial charge is 0.444 e. The first-order chi connectivity index (χ1) is 9.31. The minimum absolute atomic E-state index is 0.234. The molecule has 0 N–H and O–H groups in total. The van der Waals surface area contributed by atoms with Crippen LogP contribution in [0.2, 0.25) is 0 Å². The van der Waals surface area contributed by atoms with Crippen LogP contribution >= 0.6 is 15.9 Å². The van der Waals surface area contributed by atoms with Crippen LogP contribution in [0.25, 0.3) is 0 Å². The highest BCUT2D eigenvalue weighted by Crippen LogP contribution is 2.11. The Morgan fingerprint density at radius 3 is 2.65 bits per heavy atom. The molecule has 1 heterocycles. The topological polar surface area (TPSA) is 47.4 Å². The first-order valence-electron chi connectivity index (χ1n) is 6.97. The molecule has 5 nitrogen and oxygen atoms in total. The van der Waals surface area contributed by atoms with Crippen molar-refractivity contribution in [2.75, 3.05) is 13.1 Å². The fourth-order valence-electron chi connectivity index (χ4n) is 1.74. The lowest BCUT2D eigenvalue weighted by Crippen LogP contribution is -2.37. The number of nitrogens with zero attached hydrogens (tertiary/aromatic N) is 3. The van der Waals surface area contributed by atoms with Crippen LogP contribution in [0, 0.1) is 0 Å². The van der Waals surface area contributed by atoms with E-state index in [-0.39, 0.29) is 6.09 Å². The smallest absolute Gasteiger partial charge is 0.410 e. The Hall–Kier alpha value is -1.04. The molecule has 0 aliphatic rings. The van der Waals surface area contributed by atoms with Crippen molar-refractivity contribution in [2.45, 2.75) is 52.7 Å². The number of halogens is 1. The van der Waals surface area contributed by atoms with Crippen LogP contribution in [0.15, 0.2) is 16.9 Å². The summed E-state index contributed by atoms with van der Waals surface area (Å²) in [4.78, 5) is 13.7. The Labute approximate surface area is 129 Å². The molecule has 0 aromatic carbocycles. The molecule has 0 aliphatic carbocycles. The van der Waals surface area contributed by atoms with E-state index in [1.165, 1.54) is 0 Å². The number of rotatable bonds is 6. The Balaban J connectivity index is 2.29. The van der Waals surface area contributed by atoms with E-state index >= 15 is 0 Å². The highest BCUT2D eigenvalue weighted by molar-refractivity contribution is 9.10. The number of ether oxygens (including phenoxy) is 1. The van der Waals surface area contributed by atoms with E-state index in [1.807, 2.05) is 38.6 Å². The molecule has 1 amide bonds. The first-order valence-corrected chi connectivity index (χ1v) is 7.77. The van der Waals surface area contributed by atoms with Crippen LogP contribution in [-0.4, -0.2) is 39.5 Å². The summed E-state index contributed by atoms with van der Waals surface area (Å²) in [6, 6.07) is 0. The van der Waals surface area contributed by atoms with Crippen LogP contribution in [-0.2, 0) is 11.3 Å². The molecular weight excluding hydrogens is 322 g/mol. The summed E-state index contributed by atoms with van der Waals surface area (Å²) in [5.41, 5.74) is -0.439. The Bertz CT molecular complexity index is 426. The summed E-state index contributed by atoms with van der Waals surface area (Å²) in [7, 11) is 0. The van der Waals surface area contributed by atoms with Gasteiger partial charge in [0.15, 0.2) is 0 Å².